The van der Waals surface area contributed by atoms with Gasteiger partial charge in [0.25, 0.3) is 0 Å². The summed E-state index contributed by atoms with van der Waals surface area (Å²) in [5, 5.41) is 0. The highest BCUT2D eigenvalue weighted by Crippen LogP contribution is 2.40. The number of benzene rings is 1. The molecule has 21 heteroatoms. The maximum atomic E-state index is 12.6. The van der Waals surface area contributed by atoms with Gasteiger partial charge in [-0.15, -0.1) is 0 Å². The molecule has 0 aliphatic rings. The number of rotatable bonds is 21. The van der Waals surface area contributed by atoms with E-state index >= 15 is 0 Å². The van der Waals surface area contributed by atoms with Gasteiger partial charge in [0.1, 0.15) is 0 Å². The van der Waals surface area contributed by atoms with Crippen LogP contribution in [0, 0.1) is 0 Å². The minimum absolute atomic E-state index is 0.168. The Bertz CT molecular complexity index is 1300. The fourth-order valence-electron chi connectivity index (χ4n) is 3.58. The fraction of sp³-hybridized carbons (Fsp3) is 0.750. The van der Waals surface area contributed by atoms with Crippen molar-refractivity contribution in [3.05, 3.63) is 18.2 Å². The van der Waals surface area contributed by atoms with Gasteiger partial charge in [0, 0.05) is 19.3 Å². The summed E-state index contributed by atoms with van der Waals surface area (Å²) in [7, 11) is -14.0. The first kappa shape index (κ1) is 40.9. The van der Waals surface area contributed by atoms with Crippen molar-refractivity contribution < 1.29 is 77.3 Å². The van der Waals surface area contributed by atoms with Crippen LogP contribution < -0.4 is 12.5 Å². The molecule has 0 amide bonds. The zero-order chi connectivity index (χ0) is 34.6. The normalized spacial score (nSPS) is 13.5. The van der Waals surface area contributed by atoms with E-state index in [1.54, 1.807) is 0 Å². The molecule has 0 heterocycles. The zero-order valence-electron chi connectivity index (χ0n) is 23.6. The third-order valence-corrected chi connectivity index (χ3v) is 9.30. The minimum atomic E-state index is -4.73. The standard InChI is InChI=1S/C24H33F9O9S3/c25-22(26,27)13-4-1-7-16-43(34,35)40-19-11-10-12-20(41-44(36,37)17-8-2-5-14-23(28,29)30)21(19)42-45(38,39)18-9-3-6-15-24(31,32)33/h10-12H,1-9,13-18H2. The molecule has 0 aromatic heterocycles. The number of alkyl halides is 9. The topological polar surface area (TPSA) is 130 Å². The van der Waals surface area contributed by atoms with Gasteiger partial charge in [-0.2, -0.15) is 64.8 Å². The summed E-state index contributed by atoms with van der Waals surface area (Å²) < 4.78 is 201. The number of unbranched alkanes of at least 4 members (excludes halogenated alkanes) is 6. The second-order valence-electron chi connectivity index (χ2n) is 9.90. The van der Waals surface area contributed by atoms with Crippen LogP contribution >= 0.6 is 0 Å². The molecule has 0 bridgehead atoms. The number of halogens is 9. The van der Waals surface area contributed by atoms with Crippen LogP contribution in [-0.4, -0.2) is 61.0 Å². The lowest BCUT2D eigenvalue weighted by molar-refractivity contribution is -0.136. The van der Waals surface area contributed by atoms with Crippen molar-refractivity contribution in [3.63, 3.8) is 0 Å². The van der Waals surface area contributed by atoms with Crippen LogP contribution in [-0.2, 0) is 30.4 Å². The van der Waals surface area contributed by atoms with Gasteiger partial charge in [-0.3, -0.25) is 0 Å². The van der Waals surface area contributed by atoms with Gasteiger partial charge in [-0.25, -0.2) is 0 Å². The van der Waals surface area contributed by atoms with Gasteiger partial charge in [-0.1, -0.05) is 25.3 Å². The van der Waals surface area contributed by atoms with E-state index in [9.17, 15) is 64.8 Å². The molecule has 0 spiro atoms. The lowest BCUT2D eigenvalue weighted by atomic mass is 10.2. The second kappa shape index (κ2) is 17.1. The SMILES string of the molecule is O=S(=O)(CCCCCC(F)(F)F)Oc1cccc(OS(=O)(=O)CCCCCC(F)(F)F)c1OS(=O)(=O)CCCCCC(F)(F)F. The highest BCUT2D eigenvalue weighted by atomic mass is 32.2. The summed E-state index contributed by atoms with van der Waals surface area (Å²) >= 11 is 0. The molecule has 0 saturated carbocycles. The maximum Gasteiger partial charge on any atom is 0.389 e. The Balaban J connectivity index is 3.11. The quantitative estimate of drug-likeness (QED) is 0.0733. The van der Waals surface area contributed by atoms with Crippen molar-refractivity contribution in [3.8, 4) is 17.2 Å². The van der Waals surface area contributed by atoms with E-state index in [1.807, 2.05) is 0 Å². The van der Waals surface area contributed by atoms with Gasteiger partial charge < -0.3 is 12.5 Å². The molecule has 264 valence electrons. The molecule has 0 saturated heterocycles. The van der Waals surface area contributed by atoms with Crippen LogP contribution in [0.1, 0.15) is 77.0 Å². The van der Waals surface area contributed by atoms with Gasteiger partial charge in [0.05, 0.1) is 17.3 Å². The van der Waals surface area contributed by atoms with Crippen LogP contribution in [0.5, 0.6) is 17.2 Å². The average Bonchev–Trinajstić information content (AvgIpc) is 2.82. The summed E-state index contributed by atoms with van der Waals surface area (Å²) in [6.07, 6.45) is -19.5. The van der Waals surface area contributed by atoms with E-state index in [-0.39, 0.29) is 51.4 Å². The Morgan fingerprint density at radius 3 is 1.02 bits per heavy atom. The lowest BCUT2D eigenvalue weighted by Gasteiger charge is -2.16. The van der Waals surface area contributed by atoms with E-state index < -0.39 is 109 Å². The molecule has 0 N–H and O–H groups in total. The molecule has 0 aliphatic carbocycles. The van der Waals surface area contributed by atoms with Crippen LogP contribution in [0.4, 0.5) is 39.5 Å². The highest BCUT2D eigenvalue weighted by molar-refractivity contribution is 7.87. The second-order valence-corrected chi connectivity index (χ2v) is 15.0. The van der Waals surface area contributed by atoms with Crippen LogP contribution in [0.3, 0.4) is 0 Å². The monoisotopic (exact) mass is 732 g/mol. The average molecular weight is 733 g/mol. The zero-order valence-corrected chi connectivity index (χ0v) is 26.1. The molecule has 0 atom stereocenters. The first-order valence-electron chi connectivity index (χ1n) is 13.5. The van der Waals surface area contributed by atoms with Crippen LogP contribution in [0.25, 0.3) is 0 Å². The molecule has 1 aromatic rings. The minimum Gasteiger partial charge on any atom is -0.378 e. The first-order valence-corrected chi connectivity index (χ1v) is 18.2. The number of hydrogen-bond donors (Lipinski definition) is 0. The molecule has 45 heavy (non-hydrogen) atoms. The molecule has 9 nitrogen and oxygen atoms in total. The molecule has 0 aliphatic heterocycles. The molecule has 0 radical (unpaired) electrons. The molecular formula is C24H33F9O9S3. The Labute approximate surface area is 255 Å². The van der Waals surface area contributed by atoms with Gasteiger partial charge >= 0.3 is 48.9 Å². The van der Waals surface area contributed by atoms with Crippen LogP contribution in [0.2, 0.25) is 0 Å². The Morgan fingerprint density at radius 2 is 0.733 bits per heavy atom. The number of para-hydroxylation sites is 1. The summed E-state index contributed by atoms with van der Waals surface area (Å²) in [5.74, 6) is -5.35. The van der Waals surface area contributed by atoms with E-state index in [4.69, 9.17) is 12.5 Å². The van der Waals surface area contributed by atoms with Crippen molar-refractivity contribution in [2.45, 2.75) is 95.6 Å². The van der Waals surface area contributed by atoms with Crippen molar-refractivity contribution in [2.24, 2.45) is 0 Å². The Kier molecular flexibility index (Phi) is 15.5. The van der Waals surface area contributed by atoms with Gasteiger partial charge in [-0.05, 0) is 50.7 Å². The summed E-state index contributed by atoms with van der Waals surface area (Å²) in [6.45, 7) is 0. The largest absolute Gasteiger partial charge is 0.389 e. The van der Waals surface area contributed by atoms with Crippen LogP contribution in [0.15, 0.2) is 18.2 Å². The summed E-state index contributed by atoms with van der Waals surface area (Å²) in [5.41, 5.74) is 0. The molecular weight excluding hydrogens is 699 g/mol. The molecule has 0 fully saturated rings. The van der Waals surface area contributed by atoms with Crippen molar-refractivity contribution in [1.29, 1.82) is 0 Å². The Hall–Kier alpha value is -2.16. The molecule has 0 unspecified atom stereocenters. The lowest BCUT2D eigenvalue weighted by Crippen LogP contribution is -2.19. The first-order chi connectivity index (χ1) is 20.4. The van der Waals surface area contributed by atoms with Gasteiger partial charge in [0.15, 0.2) is 11.5 Å². The predicted molar refractivity (Wildman–Crippen MR) is 143 cm³/mol. The highest BCUT2D eigenvalue weighted by Gasteiger charge is 2.30. The van der Waals surface area contributed by atoms with Gasteiger partial charge in [0.2, 0.25) is 5.75 Å². The van der Waals surface area contributed by atoms with E-state index in [0.717, 1.165) is 18.2 Å². The third-order valence-electron chi connectivity index (χ3n) is 5.65. The summed E-state index contributed by atoms with van der Waals surface area (Å²) in [4.78, 5) is 0. The third kappa shape index (κ3) is 20.6. The van der Waals surface area contributed by atoms with Crippen molar-refractivity contribution in [1.82, 2.24) is 0 Å². The Morgan fingerprint density at radius 1 is 0.444 bits per heavy atom. The van der Waals surface area contributed by atoms with E-state index in [1.165, 1.54) is 0 Å². The van der Waals surface area contributed by atoms with Crippen molar-refractivity contribution >= 4 is 30.4 Å². The fourth-order valence-corrected chi connectivity index (χ4v) is 6.73. The number of hydrogen-bond acceptors (Lipinski definition) is 9. The predicted octanol–water partition coefficient (Wildman–Crippen LogP) is 7.18. The van der Waals surface area contributed by atoms with Crippen molar-refractivity contribution in [2.75, 3.05) is 17.3 Å². The maximum absolute atomic E-state index is 12.6. The smallest absolute Gasteiger partial charge is 0.378 e. The van der Waals surface area contributed by atoms with E-state index in [0.29, 0.717) is 0 Å². The molecule has 1 aromatic carbocycles. The molecule has 1 rings (SSSR count). The summed E-state index contributed by atoms with van der Waals surface area (Å²) in [6, 6.07) is 2.69. The van der Waals surface area contributed by atoms with E-state index in [2.05, 4.69) is 0 Å².